The Kier molecular flexibility index (Phi) is 2.38. The van der Waals surface area contributed by atoms with Gasteiger partial charge in [-0.15, -0.1) is 0 Å². The lowest BCUT2D eigenvalue weighted by Crippen LogP contribution is -2.05. The van der Waals surface area contributed by atoms with Crippen LogP contribution in [0.1, 0.15) is 11.3 Å². The maximum atomic E-state index is 13.4. The zero-order valence-electron chi connectivity index (χ0n) is 8.32. The van der Waals surface area contributed by atoms with Gasteiger partial charge in [-0.05, 0) is 41.4 Å². The molecule has 0 fully saturated rings. The first kappa shape index (κ1) is 10.4. The molecule has 0 bridgehead atoms. The highest BCUT2D eigenvalue weighted by Crippen LogP contribution is 2.25. The van der Waals surface area contributed by atoms with Gasteiger partial charge in [0.05, 0.1) is 15.4 Å². The summed E-state index contributed by atoms with van der Waals surface area (Å²) in [6.07, 6.45) is 0. The Morgan fingerprint density at radius 3 is 2.67 bits per heavy atom. The van der Waals surface area contributed by atoms with Gasteiger partial charge in [-0.1, -0.05) is 0 Å². The molecule has 2 nitrogen and oxygen atoms in total. The van der Waals surface area contributed by atoms with E-state index in [0.29, 0.717) is 10.9 Å². The highest BCUT2D eigenvalue weighted by Gasteiger charge is 2.11. The Morgan fingerprint density at radius 1 is 1.33 bits per heavy atom. The molecule has 0 aliphatic rings. The molecule has 2 rings (SSSR count). The third-order valence-electron chi connectivity index (χ3n) is 2.33. The summed E-state index contributed by atoms with van der Waals surface area (Å²) in [5.74, 6) is -0.408. The molecule has 0 atom stereocenters. The van der Waals surface area contributed by atoms with Crippen molar-refractivity contribution in [2.75, 3.05) is 0 Å². The number of nitrogens with one attached hydrogen (secondary N) is 1. The van der Waals surface area contributed by atoms with Gasteiger partial charge in [-0.2, -0.15) is 0 Å². The quantitative estimate of drug-likeness (QED) is 0.784. The second-order valence-corrected chi connectivity index (χ2v) is 4.35. The highest BCUT2D eigenvalue weighted by molar-refractivity contribution is 9.10. The van der Waals surface area contributed by atoms with Crippen LogP contribution in [-0.4, -0.2) is 4.98 Å². The van der Waals surface area contributed by atoms with Crippen molar-refractivity contribution in [3.8, 4) is 0 Å². The summed E-state index contributed by atoms with van der Waals surface area (Å²) in [6.45, 7) is 3.57. The standard InChI is InChI=1S/C11H9BrFNO/c1-5-3-7(13)10(12)9-8(15)4-6(2)14-11(5)9/h3-4H,1-2H3,(H,14,15). The lowest BCUT2D eigenvalue weighted by Gasteiger charge is -2.06. The Morgan fingerprint density at radius 2 is 2.00 bits per heavy atom. The smallest absolute Gasteiger partial charge is 0.190 e. The van der Waals surface area contributed by atoms with Crippen molar-refractivity contribution in [3.05, 3.63) is 43.9 Å². The van der Waals surface area contributed by atoms with Crippen LogP contribution in [0.4, 0.5) is 4.39 Å². The molecule has 4 heteroatoms. The summed E-state index contributed by atoms with van der Waals surface area (Å²) in [5, 5.41) is 0.373. The molecule has 0 aliphatic heterocycles. The van der Waals surface area contributed by atoms with Crippen LogP contribution in [0.3, 0.4) is 0 Å². The number of hydrogen-bond donors (Lipinski definition) is 1. The van der Waals surface area contributed by atoms with E-state index < -0.39 is 5.82 Å². The van der Waals surface area contributed by atoms with Crippen molar-refractivity contribution in [2.24, 2.45) is 0 Å². The fourth-order valence-corrected chi connectivity index (χ4v) is 2.15. The molecule has 0 spiro atoms. The van der Waals surface area contributed by atoms with Gasteiger partial charge in [0, 0.05) is 11.8 Å². The number of aromatic amines is 1. The van der Waals surface area contributed by atoms with Crippen LogP contribution in [0.15, 0.2) is 21.4 Å². The maximum absolute atomic E-state index is 13.4. The summed E-state index contributed by atoms with van der Waals surface area (Å²) >= 11 is 3.10. The minimum absolute atomic E-state index is 0.171. The van der Waals surface area contributed by atoms with Crippen LogP contribution < -0.4 is 5.43 Å². The van der Waals surface area contributed by atoms with E-state index in [9.17, 15) is 9.18 Å². The van der Waals surface area contributed by atoms with E-state index in [1.165, 1.54) is 12.1 Å². The van der Waals surface area contributed by atoms with Crippen LogP contribution in [-0.2, 0) is 0 Å². The molecule has 1 N–H and O–H groups in total. The summed E-state index contributed by atoms with van der Waals surface area (Å²) in [4.78, 5) is 14.8. The van der Waals surface area contributed by atoms with E-state index in [4.69, 9.17) is 0 Å². The summed E-state index contributed by atoms with van der Waals surface area (Å²) < 4.78 is 13.6. The number of benzene rings is 1. The first-order valence-corrected chi connectivity index (χ1v) is 5.28. The molecule has 0 radical (unpaired) electrons. The Labute approximate surface area is 94.3 Å². The molecule has 0 unspecified atom stereocenters. The van der Waals surface area contributed by atoms with Crippen LogP contribution in [0, 0.1) is 19.7 Å². The first-order chi connectivity index (χ1) is 7.00. The number of halogens is 2. The van der Waals surface area contributed by atoms with Gasteiger partial charge in [-0.25, -0.2) is 4.39 Å². The number of pyridine rings is 1. The van der Waals surface area contributed by atoms with Crippen molar-refractivity contribution < 1.29 is 4.39 Å². The second kappa shape index (κ2) is 3.45. The molecule has 2 aromatic rings. The van der Waals surface area contributed by atoms with E-state index in [2.05, 4.69) is 20.9 Å². The number of aryl methyl sites for hydroxylation is 2. The van der Waals surface area contributed by atoms with Gasteiger partial charge >= 0.3 is 0 Å². The number of aromatic nitrogens is 1. The Hall–Kier alpha value is -1.16. The summed E-state index contributed by atoms with van der Waals surface area (Å²) in [5.41, 5.74) is 2.02. The minimum Gasteiger partial charge on any atom is -0.358 e. The normalized spacial score (nSPS) is 10.9. The summed E-state index contributed by atoms with van der Waals surface area (Å²) in [7, 11) is 0. The largest absolute Gasteiger partial charge is 0.358 e. The lowest BCUT2D eigenvalue weighted by atomic mass is 10.1. The number of H-pyrrole nitrogens is 1. The number of hydrogen-bond acceptors (Lipinski definition) is 1. The van der Waals surface area contributed by atoms with Gasteiger partial charge in [0.2, 0.25) is 0 Å². The van der Waals surface area contributed by atoms with Gasteiger partial charge in [0.1, 0.15) is 5.82 Å². The van der Waals surface area contributed by atoms with Crippen LogP contribution >= 0.6 is 15.9 Å². The first-order valence-electron chi connectivity index (χ1n) is 4.49. The minimum atomic E-state index is -0.408. The van der Waals surface area contributed by atoms with Crippen molar-refractivity contribution in [2.45, 2.75) is 13.8 Å². The van der Waals surface area contributed by atoms with Crippen LogP contribution in [0.2, 0.25) is 0 Å². The summed E-state index contributed by atoms with van der Waals surface area (Å²) in [6, 6.07) is 2.87. The molecule has 1 aromatic heterocycles. The molecule has 78 valence electrons. The average molecular weight is 270 g/mol. The fourth-order valence-electron chi connectivity index (χ4n) is 1.65. The Balaban J connectivity index is 3.10. The Bertz CT molecular complexity index is 604. The van der Waals surface area contributed by atoms with Crippen molar-refractivity contribution >= 4 is 26.8 Å². The molecule has 15 heavy (non-hydrogen) atoms. The predicted octanol–water partition coefficient (Wildman–Crippen LogP) is 3.05. The zero-order chi connectivity index (χ0) is 11.2. The van der Waals surface area contributed by atoms with Crippen molar-refractivity contribution in [3.63, 3.8) is 0 Å². The van der Waals surface area contributed by atoms with Gasteiger partial charge in [-0.3, -0.25) is 4.79 Å². The molecule has 0 aliphatic carbocycles. The van der Waals surface area contributed by atoms with E-state index in [1.807, 2.05) is 0 Å². The molecule has 1 heterocycles. The molecule has 1 aromatic carbocycles. The monoisotopic (exact) mass is 269 g/mol. The molecule has 0 saturated heterocycles. The third-order valence-corrected chi connectivity index (χ3v) is 3.11. The molecule has 0 saturated carbocycles. The topological polar surface area (TPSA) is 32.9 Å². The van der Waals surface area contributed by atoms with Crippen molar-refractivity contribution in [1.82, 2.24) is 4.98 Å². The number of rotatable bonds is 0. The van der Waals surface area contributed by atoms with E-state index in [-0.39, 0.29) is 9.90 Å². The number of fused-ring (bicyclic) bond motifs is 1. The van der Waals surface area contributed by atoms with Crippen molar-refractivity contribution in [1.29, 1.82) is 0 Å². The van der Waals surface area contributed by atoms with E-state index in [0.717, 1.165) is 11.3 Å². The maximum Gasteiger partial charge on any atom is 0.190 e. The highest BCUT2D eigenvalue weighted by atomic mass is 79.9. The molecular weight excluding hydrogens is 261 g/mol. The molecular formula is C11H9BrFNO. The van der Waals surface area contributed by atoms with Gasteiger partial charge in [0.15, 0.2) is 5.43 Å². The van der Waals surface area contributed by atoms with Gasteiger partial charge in [0.25, 0.3) is 0 Å². The third kappa shape index (κ3) is 1.59. The van der Waals surface area contributed by atoms with Crippen LogP contribution in [0.5, 0.6) is 0 Å². The average Bonchev–Trinajstić information content (AvgIpc) is 2.13. The lowest BCUT2D eigenvalue weighted by molar-refractivity contribution is 0.622. The van der Waals surface area contributed by atoms with Gasteiger partial charge < -0.3 is 4.98 Å². The fraction of sp³-hybridized carbons (Fsp3) is 0.182. The van der Waals surface area contributed by atoms with E-state index in [1.54, 1.807) is 13.8 Å². The van der Waals surface area contributed by atoms with Crippen LogP contribution in [0.25, 0.3) is 10.9 Å². The zero-order valence-corrected chi connectivity index (χ0v) is 9.90. The van der Waals surface area contributed by atoms with E-state index >= 15 is 0 Å². The predicted molar refractivity (Wildman–Crippen MR) is 61.7 cm³/mol. The SMILES string of the molecule is Cc1cc(=O)c2c(Br)c(F)cc(C)c2[nH]1. The second-order valence-electron chi connectivity index (χ2n) is 3.56. The molecule has 0 amide bonds.